The quantitative estimate of drug-likeness (QED) is 0.829. The van der Waals surface area contributed by atoms with E-state index in [0.29, 0.717) is 17.9 Å². The zero-order valence-corrected chi connectivity index (χ0v) is 12.8. The second-order valence-corrected chi connectivity index (χ2v) is 5.24. The third-order valence-corrected chi connectivity index (χ3v) is 3.57. The van der Waals surface area contributed by atoms with Gasteiger partial charge < -0.3 is 10.4 Å². The molecule has 0 radical (unpaired) electrons. The average Bonchev–Trinajstić information content (AvgIpc) is 2.75. The summed E-state index contributed by atoms with van der Waals surface area (Å²) in [6.45, 7) is 5.59. The number of aromatic nitrogens is 2. The molecule has 1 amide bonds. The molecule has 0 aliphatic rings. The summed E-state index contributed by atoms with van der Waals surface area (Å²) in [4.78, 5) is 22.8. The molecule has 116 valence electrons. The molecule has 1 heterocycles. The van der Waals surface area contributed by atoms with Crippen LogP contribution in [0.2, 0.25) is 0 Å². The molecule has 0 fully saturated rings. The van der Waals surface area contributed by atoms with Gasteiger partial charge in [0, 0.05) is 0 Å². The van der Waals surface area contributed by atoms with Crippen LogP contribution in [0.1, 0.15) is 23.9 Å². The number of carboxylic acid groups (broad SMARTS) is 1. The van der Waals surface area contributed by atoms with Crippen molar-refractivity contribution in [1.82, 2.24) is 9.78 Å². The average molecular weight is 301 g/mol. The summed E-state index contributed by atoms with van der Waals surface area (Å²) in [7, 11) is 0. The van der Waals surface area contributed by atoms with Gasteiger partial charge in [-0.2, -0.15) is 5.10 Å². The maximum atomic E-state index is 11.9. The monoisotopic (exact) mass is 301 g/mol. The summed E-state index contributed by atoms with van der Waals surface area (Å²) in [5.74, 6) is -2.79. The molecular formula is C16H19N3O3. The number of aryl methyl sites for hydroxylation is 1. The first-order valence-electron chi connectivity index (χ1n) is 7.01. The number of carboxylic acids is 1. The van der Waals surface area contributed by atoms with Crippen LogP contribution in [0.4, 0.5) is 5.69 Å². The van der Waals surface area contributed by atoms with E-state index in [1.807, 2.05) is 37.3 Å². The number of nitrogens with one attached hydrogen (secondary N) is 1. The molecule has 2 rings (SSSR count). The first kappa shape index (κ1) is 15.8. The molecule has 0 saturated carbocycles. The maximum absolute atomic E-state index is 11.9. The molecule has 6 nitrogen and oxygen atoms in total. The van der Waals surface area contributed by atoms with Crippen molar-refractivity contribution in [3.05, 3.63) is 47.3 Å². The molecule has 0 aliphatic heterocycles. The maximum Gasteiger partial charge on any atom is 0.315 e. The lowest BCUT2D eigenvalue weighted by atomic mass is 10.1. The number of benzene rings is 1. The minimum absolute atomic E-state index is 0.544. The predicted octanol–water partition coefficient (Wildman–Crippen LogP) is 2.21. The fourth-order valence-electron chi connectivity index (χ4n) is 2.13. The highest BCUT2D eigenvalue weighted by atomic mass is 16.4. The topological polar surface area (TPSA) is 84.2 Å². The van der Waals surface area contributed by atoms with Crippen molar-refractivity contribution in [2.24, 2.45) is 5.92 Å². The van der Waals surface area contributed by atoms with E-state index in [0.717, 1.165) is 11.3 Å². The molecule has 1 aromatic heterocycles. The van der Waals surface area contributed by atoms with Crippen LogP contribution < -0.4 is 5.32 Å². The van der Waals surface area contributed by atoms with Gasteiger partial charge in [-0.05, 0) is 26.3 Å². The van der Waals surface area contributed by atoms with Crippen LogP contribution in [0.5, 0.6) is 0 Å². The zero-order chi connectivity index (χ0) is 16.3. The summed E-state index contributed by atoms with van der Waals surface area (Å²) in [6, 6.07) is 9.86. The normalized spacial score (nSPS) is 12.0. The zero-order valence-electron chi connectivity index (χ0n) is 12.8. The lowest BCUT2D eigenvalue weighted by Gasteiger charge is -2.09. The van der Waals surface area contributed by atoms with Crippen LogP contribution in [0.3, 0.4) is 0 Å². The van der Waals surface area contributed by atoms with Crippen molar-refractivity contribution < 1.29 is 14.7 Å². The molecule has 6 heteroatoms. The van der Waals surface area contributed by atoms with E-state index >= 15 is 0 Å². The van der Waals surface area contributed by atoms with Crippen LogP contribution in [0, 0.1) is 19.8 Å². The number of anilines is 1. The Morgan fingerprint density at radius 3 is 2.50 bits per heavy atom. The fourth-order valence-corrected chi connectivity index (χ4v) is 2.13. The molecule has 22 heavy (non-hydrogen) atoms. The number of aliphatic carboxylic acids is 1. The Kier molecular flexibility index (Phi) is 4.60. The first-order valence-corrected chi connectivity index (χ1v) is 7.01. The summed E-state index contributed by atoms with van der Waals surface area (Å²) in [5, 5.41) is 16.0. The van der Waals surface area contributed by atoms with E-state index in [2.05, 4.69) is 10.4 Å². The van der Waals surface area contributed by atoms with Gasteiger partial charge in [-0.25, -0.2) is 0 Å². The third kappa shape index (κ3) is 3.33. The summed E-state index contributed by atoms with van der Waals surface area (Å²) in [5.41, 5.74) is 3.14. The van der Waals surface area contributed by atoms with Crippen LogP contribution in [-0.2, 0) is 16.1 Å². The minimum atomic E-state index is -1.15. The standard InChI is InChI=1S/C16H19N3O3/c1-10(16(21)22)15(20)17-14-11(2)18-19(12(14)3)9-13-7-5-4-6-8-13/h4-8,10H,9H2,1-3H3,(H,17,20)(H,21,22). The van der Waals surface area contributed by atoms with Crippen molar-refractivity contribution in [2.75, 3.05) is 5.32 Å². The SMILES string of the molecule is Cc1nn(Cc2ccccc2)c(C)c1NC(=O)C(C)C(=O)O. The largest absolute Gasteiger partial charge is 0.481 e. The van der Waals surface area contributed by atoms with Gasteiger partial charge in [0.1, 0.15) is 5.92 Å². The Labute approximate surface area is 128 Å². The van der Waals surface area contributed by atoms with Gasteiger partial charge in [0.15, 0.2) is 0 Å². The van der Waals surface area contributed by atoms with Crippen LogP contribution >= 0.6 is 0 Å². The number of carbonyl (C=O) groups excluding carboxylic acids is 1. The van der Waals surface area contributed by atoms with Crippen LogP contribution in [0.15, 0.2) is 30.3 Å². The molecule has 1 unspecified atom stereocenters. The summed E-state index contributed by atoms with van der Waals surface area (Å²) < 4.78 is 1.80. The first-order chi connectivity index (χ1) is 10.4. The van der Waals surface area contributed by atoms with E-state index in [1.165, 1.54) is 6.92 Å². The number of hydrogen-bond acceptors (Lipinski definition) is 3. The second kappa shape index (κ2) is 6.43. The highest BCUT2D eigenvalue weighted by molar-refractivity contribution is 6.04. The van der Waals surface area contributed by atoms with Crippen molar-refractivity contribution in [3.63, 3.8) is 0 Å². The second-order valence-electron chi connectivity index (χ2n) is 5.24. The van der Waals surface area contributed by atoms with Gasteiger partial charge in [-0.15, -0.1) is 0 Å². The Hall–Kier alpha value is -2.63. The number of nitrogens with zero attached hydrogens (tertiary/aromatic N) is 2. The smallest absolute Gasteiger partial charge is 0.315 e. The fraction of sp³-hybridized carbons (Fsp3) is 0.312. The van der Waals surface area contributed by atoms with E-state index in [9.17, 15) is 9.59 Å². The number of hydrogen-bond donors (Lipinski definition) is 2. The van der Waals surface area contributed by atoms with Crippen molar-refractivity contribution in [1.29, 1.82) is 0 Å². The van der Waals surface area contributed by atoms with Gasteiger partial charge in [0.05, 0.1) is 23.6 Å². The minimum Gasteiger partial charge on any atom is -0.481 e. The molecule has 0 saturated heterocycles. The van der Waals surface area contributed by atoms with Crippen LogP contribution in [-0.4, -0.2) is 26.8 Å². The molecule has 0 spiro atoms. The van der Waals surface area contributed by atoms with Gasteiger partial charge in [-0.3, -0.25) is 14.3 Å². The van der Waals surface area contributed by atoms with Gasteiger partial charge in [0.2, 0.25) is 5.91 Å². The number of rotatable bonds is 5. The lowest BCUT2D eigenvalue weighted by molar-refractivity contribution is -0.144. The number of amides is 1. The Morgan fingerprint density at radius 1 is 1.27 bits per heavy atom. The van der Waals surface area contributed by atoms with Crippen LogP contribution in [0.25, 0.3) is 0 Å². The van der Waals surface area contributed by atoms with E-state index in [1.54, 1.807) is 11.6 Å². The Morgan fingerprint density at radius 2 is 1.91 bits per heavy atom. The highest BCUT2D eigenvalue weighted by Gasteiger charge is 2.23. The summed E-state index contributed by atoms with van der Waals surface area (Å²) >= 11 is 0. The molecule has 1 atom stereocenters. The Balaban J connectivity index is 2.20. The van der Waals surface area contributed by atoms with E-state index in [-0.39, 0.29) is 0 Å². The molecule has 0 bridgehead atoms. The predicted molar refractivity (Wildman–Crippen MR) is 82.7 cm³/mol. The summed E-state index contributed by atoms with van der Waals surface area (Å²) in [6.07, 6.45) is 0. The number of carbonyl (C=O) groups is 2. The molecule has 2 N–H and O–H groups in total. The van der Waals surface area contributed by atoms with E-state index in [4.69, 9.17) is 5.11 Å². The van der Waals surface area contributed by atoms with Crippen molar-refractivity contribution >= 4 is 17.6 Å². The molecule has 0 aliphatic carbocycles. The van der Waals surface area contributed by atoms with E-state index < -0.39 is 17.8 Å². The van der Waals surface area contributed by atoms with Crippen molar-refractivity contribution in [2.45, 2.75) is 27.3 Å². The third-order valence-electron chi connectivity index (χ3n) is 3.57. The van der Waals surface area contributed by atoms with Gasteiger partial charge >= 0.3 is 5.97 Å². The van der Waals surface area contributed by atoms with Gasteiger partial charge in [0.25, 0.3) is 0 Å². The lowest BCUT2D eigenvalue weighted by Crippen LogP contribution is -2.27. The molecule has 2 aromatic rings. The molecule has 1 aromatic carbocycles. The Bertz CT molecular complexity index is 692. The van der Waals surface area contributed by atoms with Crippen molar-refractivity contribution in [3.8, 4) is 0 Å². The molecular weight excluding hydrogens is 282 g/mol. The van der Waals surface area contributed by atoms with Gasteiger partial charge in [-0.1, -0.05) is 30.3 Å². The highest BCUT2D eigenvalue weighted by Crippen LogP contribution is 2.21.